The molecule has 0 aliphatic carbocycles. The van der Waals surface area contributed by atoms with Gasteiger partial charge in [-0.15, -0.1) is 0 Å². The van der Waals surface area contributed by atoms with Crippen LogP contribution in [-0.4, -0.2) is 29.7 Å². The number of aryl methyl sites for hydroxylation is 2. The fraction of sp³-hybridized carbons (Fsp3) is 0.533. The molecule has 3 N–H and O–H groups in total. The Morgan fingerprint density at radius 1 is 1.37 bits per heavy atom. The molecule has 1 aliphatic heterocycles. The number of rotatable bonds is 3. The smallest absolute Gasteiger partial charge is 0.237 e. The molecule has 4 nitrogen and oxygen atoms in total. The first-order valence-corrected chi connectivity index (χ1v) is 6.75. The van der Waals surface area contributed by atoms with Crippen molar-refractivity contribution in [1.29, 1.82) is 0 Å². The van der Waals surface area contributed by atoms with Gasteiger partial charge in [0.15, 0.2) is 0 Å². The number of amides is 1. The summed E-state index contributed by atoms with van der Waals surface area (Å²) < 4.78 is 0. The van der Waals surface area contributed by atoms with Crippen LogP contribution in [-0.2, 0) is 4.79 Å². The average molecular weight is 262 g/mol. The fourth-order valence-corrected chi connectivity index (χ4v) is 2.57. The summed E-state index contributed by atoms with van der Waals surface area (Å²) in [6.45, 7) is 6.59. The standard InChI is InChI=1S/C15H22N2O2/c1-9-4-10(2)6-12(5-9)11(3)17-15(19)14-7-13(18)8-16-14/h4-6,11,13-14,16,18H,7-8H2,1-3H3,(H,17,19). The Hall–Kier alpha value is -1.39. The minimum atomic E-state index is -0.410. The van der Waals surface area contributed by atoms with Gasteiger partial charge in [0.25, 0.3) is 0 Å². The van der Waals surface area contributed by atoms with Crippen LogP contribution in [0, 0.1) is 13.8 Å². The molecule has 104 valence electrons. The zero-order chi connectivity index (χ0) is 14.0. The normalized spacial score (nSPS) is 24.2. The first-order valence-electron chi connectivity index (χ1n) is 6.75. The van der Waals surface area contributed by atoms with Crippen molar-refractivity contribution >= 4 is 5.91 Å². The number of hydrogen-bond donors (Lipinski definition) is 3. The zero-order valence-corrected chi connectivity index (χ0v) is 11.7. The van der Waals surface area contributed by atoms with Crippen LogP contribution in [0.1, 0.15) is 36.1 Å². The van der Waals surface area contributed by atoms with Crippen molar-refractivity contribution in [2.75, 3.05) is 6.54 Å². The van der Waals surface area contributed by atoms with Gasteiger partial charge in [0, 0.05) is 6.54 Å². The van der Waals surface area contributed by atoms with Gasteiger partial charge in [-0.2, -0.15) is 0 Å². The highest BCUT2D eigenvalue weighted by Crippen LogP contribution is 2.17. The molecular formula is C15H22N2O2. The van der Waals surface area contributed by atoms with Gasteiger partial charge in [-0.3, -0.25) is 4.79 Å². The number of aliphatic hydroxyl groups is 1. The summed E-state index contributed by atoms with van der Waals surface area (Å²) in [5.74, 6) is -0.0387. The fourth-order valence-electron chi connectivity index (χ4n) is 2.57. The molecule has 3 atom stereocenters. The molecule has 1 aromatic rings. The van der Waals surface area contributed by atoms with Gasteiger partial charge in [-0.1, -0.05) is 29.3 Å². The monoisotopic (exact) mass is 262 g/mol. The predicted octanol–water partition coefficient (Wildman–Crippen LogP) is 1.20. The van der Waals surface area contributed by atoms with E-state index in [0.29, 0.717) is 13.0 Å². The summed E-state index contributed by atoms with van der Waals surface area (Å²) in [7, 11) is 0. The minimum Gasteiger partial charge on any atom is -0.392 e. The quantitative estimate of drug-likeness (QED) is 0.767. The molecule has 1 heterocycles. The SMILES string of the molecule is Cc1cc(C)cc(C(C)NC(=O)C2CC(O)CN2)c1. The Balaban J connectivity index is 2.00. The van der Waals surface area contributed by atoms with Crippen LogP contribution in [0.5, 0.6) is 0 Å². The number of benzene rings is 1. The van der Waals surface area contributed by atoms with Crippen LogP contribution in [0.25, 0.3) is 0 Å². The van der Waals surface area contributed by atoms with Crippen LogP contribution in [0.15, 0.2) is 18.2 Å². The predicted molar refractivity (Wildman–Crippen MR) is 74.9 cm³/mol. The summed E-state index contributed by atoms with van der Waals surface area (Å²) >= 11 is 0. The minimum absolute atomic E-state index is 0.0226. The second-order valence-electron chi connectivity index (χ2n) is 5.50. The lowest BCUT2D eigenvalue weighted by Crippen LogP contribution is -2.41. The summed E-state index contributed by atoms with van der Waals surface area (Å²) in [6.07, 6.45) is 0.0815. The molecule has 4 heteroatoms. The maximum absolute atomic E-state index is 12.1. The van der Waals surface area contributed by atoms with Gasteiger partial charge in [-0.25, -0.2) is 0 Å². The first-order chi connectivity index (χ1) is 8.95. The van der Waals surface area contributed by atoms with E-state index in [4.69, 9.17) is 0 Å². The molecule has 0 bridgehead atoms. The highest BCUT2D eigenvalue weighted by atomic mass is 16.3. The zero-order valence-electron chi connectivity index (χ0n) is 11.7. The largest absolute Gasteiger partial charge is 0.392 e. The molecule has 1 fully saturated rings. The molecule has 0 radical (unpaired) electrons. The second kappa shape index (κ2) is 5.72. The van der Waals surface area contributed by atoms with E-state index in [0.717, 1.165) is 5.56 Å². The molecule has 0 saturated carbocycles. The Morgan fingerprint density at radius 3 is 2.53 bits per heavy atom. The van der Waals surface area contributed by atoms with Gasteiger partial charge in [0.2, 0.25) is 5.91 Å². The molecule has 3 unspecified atom stereocenters. The van der Waals surface area contributed by atoms with E-state index in [2.05, 4.69) is 42.7 Å². The van der Waals surface area contributed by atoms with Crippen molar-refractivity contribution in [3.8, 4) is 0 Å². The van der Waals surface area contributed by atoms with E-state index in [9.17, 15) is 9.90 Å². The Morgan fingerprint density at radius 2 is 2.00 bits per heavy atom. The molecule has 2 rings (SSSR count). The first kappa shape index (κ1) is 14.0. The summed E-state index contributed by atoms with van der Waals surface area (Å²) in [6, 6.07) is 6.01. The number of nitrogens with one attached hydrogen (secondary N) is 2. The third-order valence-corrected chi connectivity index (χ3v) is 3.53. The lowest BCUT2D eigenvalue weighted by molar-refractivity contribution is -0.123. The molecular weight excluding hydrogens is 240 g/mol. The van der Waals surface area contributed by atoms with E-state index < -0.39 is 6.10 Å². The van der Waals surface area contributed by atoms with Crippen molar-refractivity contribution in [3.05, 3.63) is 34.9 Å². The molecule has 1 saturated heterocycles. The van der Waals surface area contributed by atoms with Crippen molar-refractivity contribution in [2.45, 2.75) is 45.4 Å². The molecule has 0 spiro atoms. The Bertz CT molecular complexity index is 453. The van der Waals surface area contributed by atoms with E-state index >= 15 is 0 Å². The third-order valence-electron chi connectivity index (χ3n) is 3.53. The lowest BCUT2D eigenvalue weighted by atomic mass is 10.0. The van der Waals surface area contributed by atoms with Crippen molar-refractivity contribution in [3.63, 3.8) is 0 Å². The second-order valence-corrected chi connectivity index (χ2v) is 5.50. The third kappa shape index (κ3) is 3.55. The van der Waals surface area contributed by atoms with Crippen LogP contribution in [0.3, 0.4) is 0 Å². The molecule has 1 aromatic carbocycles. The van der Waals surface area contributed by atoms with Gasteiger partial charge in [-0.05, 0) is 32.8 Å². The van der Waals surface area contributed by atoms with E-state index in [-0.39, 0.29) is 18.0 Å². The molecule has 0 aromatic heterocycles. The highest BCUT2D eigenvalue weighted by molar-refractivity contribution is 5.82. The molecule has 1 aliphatic rings. The Labute approximate surface area is 114 Å². The maximum atomic E-state index is 12.1. The van der Waals surface area contributed by atoms with E-state index in [1.807, 2.05) is 6.92 Å². The van der Waals surface area contributed by atoms with E-state index in [1.165, 1.54) is 11.1 Å². The van der Waals surface area contributed by atoms with Crippen molar-refractivity contribution in [2.24, 2.45) is 0 Å². The Kier molecular flexibility index (Phi) is 4.22. The lowest BCUT2D eigenvalue weighted by Gasteiger charge is -2.18. The van der Waals surface area contributed by atoms with E-state index in [1.54, 1.807) is 0 Å². The topological polar surface area (TPSA) is 61.4 Å². The number of β-amino-alcohol motifs (C(OH)–C–C–N with tert-alkyl or cyclic N) is 1. The number of hydrogen-bond acceptors (Lipinski definition) is 3. The van der Waals surface area contributed by atoms with Gasteiger partial charge in [0.1, 0.15) is 0 Å². The maximum Gasteiger partial charge on any atom is 0.237 e. The number of carbonyl (C=O) groups excluding carboxylic acids is 1. The summed E-state index contributed by atoms with van der Waals surface area (Å²) in [5.41, 5.74) is 3.51. The summed E-state index contributed by atoms with van der Waals surface area (Å²) in [5, 5.41) is 15.5. The number of aliphatic hydroxyl groups excluding tert-OH is 1. The average Bonchev–Trinajstić information content (AvgIpc) is 2.74. The number of carbonyl (C=O) groups is 1. The van der Waals surface area contributed by atoms with Crippen LogP contribution >= 0.6 is 0 Å². The van der Waals surface area contributed by atoms with Gasteiger partial charge in [0.05, 0.1) is 18.2 Å². The molecule has 19 heavy (non-hydrogen) atoms. The summed E-state index contributed by atoms with van der Waals surface area (Å²) in [4.78, 5) is 12.1. The van der Waals surface area contributed by atoms with Crippen LogP contribution in [0.2, 0.25) is 0 Å². The van der Waals surface area contributed by atoms with Crippen molar-refractivity contribution in [1.82, 2.24) is 10.6 Å². The van der Waals surface area contributed by atoms with Gasteiger partial charge < -0.3 is 15.7 Å². The van der Waals surface area contributed by atoms with Crippen LogP contribution in [0.4, 0.5) is 0 Å². The molecule has 1 amide bonds. The van der Waals surface area contributed by atoms with Crippen LogP contribution < -0.4 is 10.6 Å². The van der Waals surface area contributed by atoms with Crippen molar-refractivity contribution < 1.29 is 9.90 Å². The highest BCUT2D eigenvalue weighted by Gasteiger charge is 2.28. The van der Waals surface area contributed by atoms with Gasteiger partial charge >= 0.3 is 0 Å².